The molecule has 7 N–H and O–H groups in total. The number of ketones is 2. The van der Waals surface area contributed by atoms with Crippen molar-refractivity contribution < 1.29 is 39.6 Å². The number of phenolic OH excluding ortho intramolecular Hbond substituents is 1. The molecule has 0 heterocycles. The number of aromatic hydroxyl groups is 1. The van der Waals surface area contributed by atoms with Gasteiger partial charge in [0.2, 0.25) is 11.7 Å². The molecule has 1 fully saturated rings. The third-order valence-electron chi connectivity index (χ3n) is 7.05. The Hall–Kier alpha value is -2.93. The van der Waals surface area contributed by atoms with E-state index in [0.29, 0.717) is 5.56 Å². The molecule has 3 aliphatic rings. The molecular formula is C23H23BrClN3O8. The van der Waals surface area contributed by atoms with E-state index in [4.69, 9.17) is 17.3 Å². The summed E-state index contributed by atoms with van der Waals surface area (Å²) >= 11 is 9.26. The Morgan fingerprint density at radius 1 is 1.28 bits per heavy atom. The standard InChI is InChI=1S/C23H23BrClN3O8/c1-28(2)16-9-4-7-3-8-5-10(25)15(27-11(29)6-24)18(31)12(8)17(30)13(7)20(33)23(9,36)21(34)14(19(16)32)22(26)35/h5,7,9,16,30-31,34,36H,3-4,6H2,1-2H3,(H2,26,35)(H,27,29)/t7?,9?,16-,23?/m0/s1. The van der Waals surface area contributed by atoms with Gasteiger partial charge >= 0.3 is 0 Å². The number of carbonyl (C=O) groups excluding carboxylic acids is 4. The number of Topliss-reactive ketones (excluding diaryl/α,β-unsaturated/α-hetero) is 2. The molecule has 192 valence electrons. The number of alkyl halides is 1. The topological polar surface area (TPSA) is 190 Å². The van der Waals surface area contributed by atoms with Crippen LogP contribution in [0.15, 0.2) is 23.0 Å². The number of aliphatic hydroxyl groups is 3. The molecule has 36 heavy (non-hydrogen) atoms. The molecule has 4 rings (SSSR count). The Morgan fingerprint density at radius 2 is 1.92 bits per heavy atom. The third-order valence-corrected chi connectivity index (χ3v) is 7.86. The molecule has 4 atom stereocenters. The summed E-state index contributed by atoms with van der Waals surface area (Å²) in [6.07, 6.45) is 0.0563. The lowest BCUT2D eigenvalue weighted by atomic mass is 9.57. The van der Waals surface area contributed by atoms with E-state index in [-0.39, 0.29) is 40.0 Å². The van der Waals surface area contributed by atoms with Crippen LogP contribution in [-0.4, -0.2) is 79.8 Å². The number of nitrogens with zero attached hydrogens (tertiary/aromatic N) is 1. The molecule has 0 radical (unpaired) electrons. The Labute approximate surface area is 218 Å². The number of likely N-dealkylation sites (N-methyl/N-ethyl adjacent to an activating group) is 1. The van der Waals surface area contributed by atoms with Crippen LogP contribution in [-0.2, 0) is 25.6 Å². The molecule has 1 aromatic carbocycles. The van der Waals surface area contributed by atoms with Gasteiger partial charge in [-0.05, 0) is 44.5 Å². The average Bonchev–Trinajstić information content (AvgIpc) is 2.78. The number of amides is 2. The Kier molecular flexibility index (Phi) is 6.44. The third kappa shape index (κ3) is 3.54. The summed E-state index contributed by atoms with van der Waals surface area (Å²) in [7, 11) is 3.04. The van der Waals surface area contributed by atoms with Crippen molar-refractivity contribution in [2.24, 2.45) is 17.6 Å². The number of halogens is 2. The van der Waals surface area contributed by atoms with Crippen LogP contribution >= 0.6 is 27.5 Å². The van der Waals surface area contributed by atoms with Crippen molar-refractivity contribution >= 4 is 62.4 Å². The maximum Gasteiger partial charge on any atom is 0.255 e. The number of anilines is 1. The lowest BCUT2D eigenvalue weighted by molar-refractivity contribution is -0.153. The molecule has 0 spiro atoms. The van der Waals surface area contributed by atoms with Gasteiger partial charge in [0.05, 0.1) is 22.0 Å². The molecule has 1 saturated carbocycles. The molecule has 0 saturated heterocycles. The number of benzene rings is 1. The van der Waals surface area contributed by atoms with Crippen molar-refractivity contribution in [3.63, 3.8) is 0 Å². The van der Waals surface area contributed by atoms with Crippen LogP contribution in [0.25, 0.3) is 5.76 Å². The first-order chi connectivity index (χ1) is 16.8. The SMILES string of the molecule is CN(C)[C@@H]1C(=O)C(C(N)=O)=C(O)C2(O)C(=O)C3=C(O)c4c(cc(Cl)c(NC(=O)CBr)c4O)CC3CC12. The summed E-state index contributed by atoms with van der Waals surface area (Å²) in [5.41, 5.74) is 1.43. The quantitative estimate of drug-likeness (QED) is 0.170. The van der Waals surface area contributed by atoms with Gasteiger partial charge < -0.3 is 31.5 Å². The van der Waals surface area contributed by atoms with Crippen LogP contribution in [0, 0.1) is 11.8 Å². The highest BCUT2D eigenvalue weighted by atomic mass is 79.9. The van der Waals surface area contributed by atoms with Crippen molar-refractivity contribution in [2.45, 2.75) is 24.5 Å². The number of fused-ring (bicyclic) bond motifs is 3. The molecule has 11 nitrogen and oxygen atoms in total. The number of primary amides is 1. The Morgan fingerprint density at radius 3 is 2.47 bits per heavy atom. The second-order valence-electron chi connectivity index (χ2n) is 9.26. The smallest absolute Gasteiger partial charge is 0.255 e. The van der Waals surface area contributed by atoms with E-state index in [1.807, 2.05) is 0 Å². The van der Waals surface area contributed by atoms with Crippen LogP contribution in [0.5, 0.6) is 5.75 Å². The van der Waals surface area contributed by atoms with E-state index in [1.54, 1.807) is 0 Å². The van der Waals surface area contributed by atoms with Gasteiger partial charge in [-0.2, -0.15) is 0 Å². The van der Waals surface area contributed by atoms with E-state index in [2.05, 4.69) is 21.2 Å². The molecule has 3 aliphatic carbocycles. The van der Waals surface area contributed by atoms with Crippen LogP contribution < -0.4 is 11.1 Å². The normalized spacial score (nSPS) is 27.6. The second-order valence-corrected chi connectivity index (χ2v) is 10.2. The first-order valence-electron chi connectivity index (χ1n) is 10.8. The molecule has 13 heteroatoms. The summed E-state index contributed by atoms with van der Waals surface area (Å²) in [5, 5.41) is 46.7. The first-order valence-corrected chi connectivity index (χ1v) is 12.3. The second kappa shape index (κ2) is 8.87. The largest absolute Gasteiger partial charge is 0.508 e. The van der Waals surface area contributed by atoms with Crippen molar-refractivity contribution in [1.82, 2.24) is 4.90 Å². The maximum atomic E-state index is 13.7. The first kappa shape index (κ1) is 26.1. The predicted molar refractivity (Wildman–Crippen MR) is 132 cm³/mol. The Balaban J connectivity index is 1.94. The van der Waals surface area contributed by atoms with Crippen LogP contribution in [0.2, 0.25) is 5.02 Å². The number of nitrogens with one attached hydrogen (secondary N) is 1. The summed E-state index contributed by atoms with van der Waals surface area (Å²) in [6, 6.07) is 0.276. The zero-order valence-electron chi connectivity index (χ0n) is 19.1. The Bertz CT molecular complexity index is 1310. The summed E-state index contributed by atoms with van der Waals surface area (Å²) < 4.78 is 0. The van der Waals surface area contributed by atoms with Crippen LogP contribution in [0.1, 0.15) is 17.5 Å². The minimum Gasteiger partial charge on any atom is -0.508 e. The minimum absolute atomic E-state index is 0.00105. The molecular weight excluding hydrogens is 562 g/mol. The lowest BCUT2D eigenvalue weighted by Crippen LogP contribution is -2.65. The van der Waals surface area contributed by atoms with E-state index in [9.17, 15) is 39.6 Å². The summed E-state index contributed by atoms with van der Waals surface area (Å²) in [5.74, 6) is -8.09. The molecule has 1 aromatic rings. The van der Waals surface area contributed by atoms with Crippen molar-refractivity contribution in [2.75, 3.05) is 24.7 Å². The van der Waals surface area contributed by atoms with E-state index >= 15 is 0 Å². The van der Waals surface area contributed by atoms with Gasteiger partial charge in [-0.15, -0.1) is 0 Å². The zero-order valence-corrected chi connectivity index (χ0v) is 21.5. The van der Waals surface area contributed by atoms with Crippen molar-refractivity contribution in [3.05, 3.63) is 39.1 Å². The summed E-state index contributed by atoms with van der Waals surface area (Å²) in [6.45, 7) is 0. The van der Waals surface area contributed by atoms with Gasteiger partial charge in [0, 0.05) is 11.5 Å². The number of phenols is 1. The minimum atomic E-state index is -2.72. The van der Waals surface area contributed by atoms with E-state index in [0.717, 1.165) is 0 Å². The average molecular weight is 585 g/mol. The lowest BCUT2D eigenvalue weighted by Gasteiger charge is -2.50. The van der Waals surface area contributed by atoms with Crippen molar-refractivity contribution in [3.8, 4) is 5.75 Å². The number of rotatable bonds is 4. The van der Waals surface area contributed by atoms with Crippen molar-refractivity contribution in [1.29, 1.82) is 0 Å². The molecule has 0 aliphatic heterocycles. The highest BCUT2D eigenvalue weighted by Crippen LogP contribution is 2.54. The van der Waals surface area contributed by atoms with E-state index in [1.165, 1.54) is 25.1 Å². The maximum absolute atomic E-state index is 13.7. The molecule has 0 aromatic heterocycles. The number of aliphatic hydroxyl groups excluding tert-OH is 2. The highest BCUT2D eigenvalue weighted by Gasteiger charge is 2.64. The van der Waals surface area contributed by atoms with E-state index < -0.39 is 69.7 Å². The van der Waals surface area contributed by atoms with Gasteiger partial charge in [0.1, 0.15) is 22.8 Å². The van der Waals surface area contributed by atoms with Gasteiger partial charge in [-0.3, -0.25) is 24.1 Å². The number of hydrogen-bond acceptors (Lipinski definition) is 9. The van der Waals surface area contributed by atoms with Gasteiger partial charge in [0.25, 0.3) is 5.91 Å². The molecule has 3 unspecified atom stereocenters. The number of hydrogen-bond donors (Lipinski definition) is 6. The van der Waals surface area contributed by atoms with Gasteiger partial charge in [0.15, 0.2) is 17.1 Å². The number of nitrogens with two attached hydrogens (primary N) is 1. The fourth-order valence-electron chi connectivity index (χ4n) is 5.56. The van der Waals surface area contributed by atoms with Crippen LogP contribution in [0.4, 0.5) is 5.69 Å². The monoisotopic (exact) mass is 583 g/mol. The molecule has 2 amide bonds. The fourth-order valence-corrected chi connectivity index (χ4v) is 5.96. The number of carbonyl (C=O) groups is 4. The highest BCUT2D eigenvalue weighted by molar-refractivity contribution is 9.09. The van der Waals surface area contributed by atoms with Crippen LogP contribution in [0.3, 0.4) is 0 Å². The van der Waals surface area contributed by atoms with Gasteiger partial charge in [-0.1, -0.05) is 27.5 Å². The predicted octanol–water partition coefficient (Wildman–Crippen LogP) is 0.951. The molecule has 0 bridgehead atoms. The summed E-state index contributed by atoms with van der Waals surface area (Å²) in [4.78, 5) is 52.1. The zero-order chi connectivity index (χ0) is 26.9. The fraction of sp³-hybridized carbons (Fsp3) is 0.391. The van der Waals surface area contributed by atoms with Gasteiger partial charge in [-0.25, -0.2) is 0 Å².